The smallest absolute Gasteiger partial charge is 0.275 e. The van der Waals surface area contributed by atoms with E-state index in [2.05, 4.69) is 11.9 Å². The van der Waals surface area contributed by atoms with Crippen LogP contribution < -0.4 is 10.5 Å². The molecule has 0 aliphatic rings. The molecule has 154 valence electrons. The predicted octanol–water partition coefficient (Wildman–Crippen LogP) is 6.14. The number of thiophene rings is 1. The standard InChI is InChI=1S/C23H21ClFN3OS/c1-3-4-11-27(2)20-10-9-17(12-18(20)25)28-14-26-19-13-21(30-22(19)23(28)29)15-5-7-16(24)8-6-15/h5-10,12-14H,3-4,11H2,1-2H3. The Bertz CT molecular complexity index is 1250. The van der Waals surface area contributed by atoms with E-state index >= 15 is 0 Å². The second kappa shape index (κ2) is 8.58. The molecule has 0 spiro atoms. The van der Waals surface area contributed by atoms with Crippen molar-refractivity contribution < 1.29 is 4.39 Å². The summed E-state index contributed by atoms with van der Waals surface area (Å²) in [5, 5.41) is 0.658. The number of anilines is 1. The van der Waals surface area contributed by atoms with Crippen molar-refractivity contribution in [1.82, 2.24) is 9.55 Å². The van der Waals surface area contributed by atoms with E-state index in [1.165, 1.54) is 28.3 Å². The summed E-state index contributed by atoms with van der Waals surface area (Å²) in [6.07, 6.45) is 3.49. The first kappa shape index (κ1) is 20.6. The highest BCUT2D eigenvalue weighted by atomic mass is 35.5. The second-order valence-electron chi connectivity index (χ2n) is 7.16. The SMILES string of the molecule is CCCCN(C)c1ccc(-n2cnc3cc(-c4ccc(Cl)cc4)sc3c2=O)cc1F. The van der Waals surface area contributed by atoms with Gasteiger partial charge in [-0.05, 0) is 42.3 Å². The Balaban J connectivity index is 1.71. The van der Waals surface area contributed by atoms with E-state index in [9.17, 15) is 9.18 Å². The third-order valence-electron chi connectivity index (χ3n) is 5.03. The minimum absolute atomic E-state index is 0.211. The third kappa shape index (κ3) is 3.98. The van der Waals surface area contributed by atoms with Crippen LogP contribution in [0.25, 0.3) is 26.3 Å². The molecule has 0 amide bonds. The average Bonchev–Trinajstić information content (AvgIpc) is 3.18. The van der Waals surface area contributed by atoms with E-state index in [1.807, 2.05) is 42.3 Å². The highest BCUT2D eigenvalue weighted by Gasteiger charge is 2.14. The highest BCUT2D eigenvalue weighted by Crippen LogP contribution is 2.31. The molecule has 7 heteroatoms. The van der Waals surface area contributed by atoms with Gasteiger partial charge >= 0.3 is 0 Å². The van der Waals surface area contributed by atoms with Crippen LogP contribution in [0.5, 0.6) is 0 Å². The zero-order chi connectivity index (χ0) is 21.3. The van der Waals surface area contributed by atoms with Gasteiger partial charge in [0.1, 0.15) is 16.8 Å². The minimum Gasteiger partial charge on any atom is -0.372 e. The molecule has 0 saturated heterocycles. The van der Waals surface area contributed by atoms with E-state index in [4.69, 9.17) is 11.6 Å². The Kier molecular flexibility index (Phi) is 5.88. The van der Waals surface area contributed by atoms with Gasteiger partial charge in [-0.2, -0.15) is 0 Å². The van der Waals surface area contributed by atoms with E-state index in [1.54, 1.807) is 12.1 Å². The summed E-state index contributed by atoms with van der Waals surface area (Å²) in [7, 11) is 1.87. The Morgan fingerprint density at radius 3 is 2.63 bits per heavy atom. The van der Waals surface area contributed by atoms with Crippen molar-refractivity contribution in [3.8, 4) is 16.1 Å². The van der Waals surface area contributed by atoms with Gasteiger partial charge in [0, 0.05) is 29.6 Å². The number of halogens is 2. The third-order valence-corrected chi connectivity index (χ3v) is 6.45. The van der Waals surface area contributed by atoms with Gasteiger partial charge in [-0.25, -0.2) is 9.37 Å². The summed E-state index contributed by atoms with van der Waals surface area (Å²) < 4.78 is 16.7. The lowest BCUT2D eigenvalue weighted by Crippen LogP contribution is -2.21. The number of nitrogens with zero attached hydrogens (tertiary/aromatic N) is 3. The Labute approximate surface area is 183 Å². The Morgan fingerprint density at radius 2 is 1.93 bits per heavy atom. The van der Waals surface area contributed by atoms with Gasteiger partial charge in [-0.15, -0.1) is 11.3 Å². The normalized spacial score (nSPS) is 11.2. The Hall–Kier alpha value is -2.70. The lowest BCUT2D eigenvalue weighted by atomic mass is 10.2. The van der Waals surface area contributed by atoms with Crippen LogP contribution in [0.15, 0.2) is 59.7 Å². The van der Waals surface area contributed by atoms with Crippen molar-refractivity contribution in [1.29, 1.82) is 0 Å². The fourth-order valence-electron chi connectivity index (χ4n) is 3.32. The number of aromatic nitrogens is 2. The molecule has 4 aromatic rings. The van der Waals surface area contributed by atoms with Gasteiger partial charge in [0.2, 0.25) is 0 Å². The molecule has 0 unspecified atom stereocenters. The van der Waals surface area contributed by atoms with Crippen LogP contribution in [0.3, 0.4) is 0 Å². The number of rotatable bonds is 6. The fraction of sp³-hybridized carbons (Fsp3) is 0.217. The van der Waals surface area contributed by atoms with Crippen LogP contribution in [0.1, 0.15) is 19.8 Å². The molecule has 2 aromatic carbocycles. The van der Waals surface area contributed by atoms with Crippen LogP contribution in [0.4, 0.5) is 10.1 Å². The molecular weight excluding hydrogens is 421 g/mol. The van der Waals surface area contributed by atoms with E-state index in [0.29, 0.717) is 26.6 Å². The van der Waals surface area contributed by atoms with Crippen LogP contribution in [0, 0.1) is 5.82 Å². The van der Waals surface area contributed by atoms with Gasteiger partial charge in [0.05, 0.1) is 16.9 Å². The molecule has 0 fully saturated rings. The monoisotopic (exact) mass is 441 g/mol. The maximum Gasteiger partial charge on any atom is 0.275 e. The zero-order valence-corrected chi connectivity index (χ0v) is 18.3. The lowest BCUT2D eigenvalue weighted by Gasteiger charge is -2.20. The van der Waals surface area contributed by atoms with Gasteiger partial charge in [0.25, 0.3) is 5.56 Å². The molecule has 4 nitrogen and oxygen atoms in total. The lowest BCUT2D eigenvalue weighted by molar-refractivity contribution is 0.618. The molecule has 0 bridgehead atoms. The molecule has 2 aromatic heterocycles. The van der Waals surface area contributed by atoms with Crippen LogP contribution in [-0.2, 0) is 0 Å². The molecule has 30 heavy (non-hydrogen) atoms. The molecule has 0 N–H and O–H groups in total. The fourth-order valence-corrected chi connectivity index (χ4v) is 4.50. The molecule has 0 atom stereocenters. The van der Waals surface area contributed by atoms with Gasteiger partial charge < -0.3 is 4.90 Å². The van der Waals surface area contributed by atoms with Crippen LogP contribution in [0.2, 0.25) is 5.02 Å². The number of hydrogen-bond acceptors (Lipinski definition) is 4. The van der Waals surface area contributed by atoms with Gasteiger partial charge in [-0.3, -0.25) is 9.36 Å². The molecule has 0 radical (unpaired) electrons. The first-order valence-electron chi connectivity index (χ1n) is 9.76. The largest absolute Gasteiger partial charge is 0.372 e. The van der Waals surface area contributed by atoms with Crippen molar-refractivity contribution in [2.24, 2.45) is 0 Å². The first-order chi connectivity index (χ1) is 14.5. The number of hydrogen-bond donors (Lipinski definition) is 0. The van der Waals surface area contributed by atoms with E-state index < -0.39 is 0 Å². The highest BCUT2D eigenvalue weighted by molar-refractivity contribution is 7.22. The maximum atomic E-state index is 14.7. The molecule has 2 heterocycles. The summed E-state index contributed by atoms with van der Waals surface area (Å²) in [6.45, 7) is 2.88. The number of fused-ring (bicyclic) bond motifs is 1. The molecule has 0 aliphatic carbocycles. The zero-order valence-electron chi connectivity index (χ0n) is 16.7. The van der Waals surface area contributed by atoms with Crippen molar-refractivity contribution in [2.75, 3.05) is 18.5 Å². The van der Waals surface area contributed by atoms with Gasteiger partial charge in [0.15, 0.2) is 0 Å². The van der Waals surface area contributed by atoms with E-state index in [0.717, 1.165) is 29.8 Å². The van der Waals surface area contributed by atoms with Crippen LogP contribution >= 0.6 is 22.9 Å². The molecule has 4 rings (SSSR count). The molecular formula is C23H21ClFN3OS. The average molecular weight is 442 g/mol. The number of benzene rings is 2. The minimum atomic E-state index is -0.355. The second-order valence-corrected chi connectivity index (χ2v) is 8.65. The predicted molar refractivity (Wildman–Crippen MR) is 124 cm³/mol. The summed E-state index contributed by atoms with van der Waals surface area (Å²) in [4.78, 5) is 20.3. The molecule has 0 aliphatic heterocycles. The molecule has 0 saturated carbocycles. The van der Waals surface area contributed by atoms with Crippen molar-refractivity contribution >= 4 is 38.8 Å². The van der Waals surface area contributed by atoms with E-state index in [-0.39, 0.29) is 11.4 Å². The summed E-state index contributed by atoms with van der Waals surface area (Å²) in [6, 6.07) is 14.2. The maximum absolute atomic E-state index is 14.7. The van der Waals surface area contributed by atoms with Crippen molar-refractivity contribution in [3.05, 3.63) is 76.1 Å². The topological polar surface area (TPSA) is 38.1 Å². The first-order valence-corrected chi connectivity index (χ1v) is 11.0. The summed E-state index contributed by atoms with van der Waals surface area (Å²) in [5.74, 6) is -0.355. The van der Waals surface area contributed by atoms with Crippen molar-refractivity contribution in [3.63, 3.8) is 0 Å². The quantitative estimate of drug-likeness (QED) is 0.360. The Morgan fingerprint density at radius 1 is 1.17 bits per heavy atom. The summed E-state index contributed by atoms with van der Waals surface area (Å²) >= 11 is 7.34. The van der Waals surface area contributed by atoms with Crippen LogP contribution in [-0.4, -0.2) is 23.1 Å². The number of unbranched alkanes of at least 4 members (excludes halogenated alkanes) is 1. The van der Waals surface area contributed by atoms with Crippen molar-refractivity contribution in [2.45, 2.75) is 19.8 Å². The summed E-state index contributed by atoms with van der Waals surface area (Å²) in [5.41, 5.74) is 2.37. The van der Waals surface area contributed by atoms with Gasteiger partial charge in [-0.1, -0.05) is 37.1 Å².